The third-order valence-electron chi connectivity index (χ3n) is 2.00. The summed E-state index contributed by atoms with van der Waals surface area (Å²) in [6, 6.07) is 4.93. The van der Waals surface area contributed by atoms with Crippen LogP contribution in [0.5, 0.6) is 5.75 Å². The number of methoxy groups -OCH3 is 1. The van der Waals surface area contributed by atoms with E-state index in [1.807, 2.05) is 0 Å². The number of rotatable bonds is 3. The molecule has 0 amide bonds. The number of alkyl halides is 3. The van der Waals surface area contributed by atoms with Crippen molar-refractivity contribution in [2.75, 3.05) is 7.11 Å². The molecule has 16 heavy (non-hydrogen) atoms. The molecule has 88 valence electrons. The summed E-state index contributed by atoms with van der Waals surface area (Å²) in [4.78, 5) is 10.6. The molecule has 0 aromatic heterocycles. The molecule has 1 aromatic carbocycles. The standard InChI is InChI=1S/C10H9F3O3/c1-16-7-4-2-3-6(5-7)8(9(14)15)10(11,12)13/h2-5,8H,1H3,(H,14,15). The smallest absolute Gasteiger partial charge is 0.406 e. The molecule has 0 spiro atoms. The molecule has 0 heterocycles. The molecule has 0 saturated carbocycles. The Morgan fingerprint density at radius 1 is 1.44 bits per heavy atom. The number of carboxylic acids is 1. The highest BCUT2D eigenvalue weighted by atomic mass is 19.4. The molecule has 1 rings (SSSR count). The summed E-state index contributed by atoms with van der Waals surface area (Å²) in [6.07, 6.45) is -4.82. The van der Waals surface area contributed by atoms with Gasteiger partial charge in [0.2, 0.25) is 0 Å². The monoisotopic (exact) mass is 234 g/mol. The van der Waals surface area contributed by atoms with E-state index in [1.165, 1.54) is 19.2 Å². The lowest BCUT2D eigenvalue weighted by atomic mass is 9.98. The Kier molecular flexibility index (Phi) is 3.41. The third-order valence-corrected chi connectivity index (χ3v) is 2.00. The lowest BCUT2D eigenvalue weighted by molar-refractivity contribution is -0.176. The minimum atomic E-state index is -4.82. The Hall–Kier alpha value is -1.72. The average molecular weight is 234 g/mol. The van der Waals surface area contributed by atoms with Crippen LogP contribution in [0.15, 0.2) is 24.3 Å². The summed E-state index contributed by atoms with van der Waals surface area (Å²) < 4.78 is 42.1. The van der Waals surface area contributed by atoms with Gasteiger partial charge in [0.1, 0.15) is 5.75 Å². The van der Waals surface area contributed by atoms with Crippen molar-refractivity contribution in [3.8, 4) is 5.75 Å². The van der Waals surface area contributed by atoms with Crippen molar-refractivity contribution in [2.45, 2.75) is 12.1 Å². The van der Waals surface area contributed by atoms with Crippen molar-refractivity contribution in [2.24, 2.45) is 0 Å². The number of carboxylic acid groups (broad SMARTS) is 1. The fraction of sp³-hybridized carbons (Fsp3) is 0.300. The van der Waals surface area contributed by atoms with E-state index in [0.717, 1.165) is 12.1 Å². The Bertz CT molecular complexity index is 387. The first-order chi connectivity index (χ1) is 7.36. The summed E-state index contributed by atoms with van der Waals surface area (Å²) in [6.45, 7) is 0. The van der Waals surface area contributed by atoms with Crippen molar-refractivity contribution in [1.82, 2.24) is 0 Å². The highest BCUT2D eigenvalue weighted by Crippen LogP contribution is 2.36. The van der Waals surface area contributed by atoms with Crippen LogP contribution in [-0.2, 0) is 4.79 Å². The highest BCUT2D eigenvalue weighted by Gasteiger charge is 2.46. The largest absolute Gasteiger partial charge is 0.497 e. The van der Waals surface area contributed by atoms with Crippen molar-refractivity contribution in [1.29, 1.82) is 0 Å². The second kappa shape index (κ2) is 4.42. The second-order valence-corrected chi connectivity index (χ2v) is 3.09. The van der Waals surface area contributed by atoms with Gasteiger partial charge in [0, 0.05) is 0 Å². The highest BCUT2D eigenvalue weighted by molar-refractivity contribution is 5.77. The second-order valence-electron chi connectivity index (χ2n) is 3.09. The molecule has 6 heteroatoms. The maximum Gasteiger partial charge on any atom is 0.406 e. The Morgan fingerprint density at radius 3 is 2.50 bits per heavy atom. The van der Waals surface area contributed by atoms with Gasteiger partial charge in [-0.15, -0.1) is 0 Å². The van der Waals surface area contributed by atoms with Crippen LogP contribution < -0.4 is 4.74 Å². The maximum absolute atomic E-state index is 12.5. The van der Waals surface area contributed by atoms with Gasteiger partial charge in [-0.3, -0.25) is 4.79 Å². The fourth-order valence-corrected chi connectivity index (χ4v) is 1.29. The Labute approximate surface area is 89.5 Å². The lowest BCUT2D eigenvalue weighted by Gasteiger charge is -2.16. The molecule has 1 aromatic rings. The first-order valence-corrected chi connectivity index (χ1v) is 4.29. The molecular formula is C10H9F3O3. The summed E-state index contributed by atoms with van der Waals surface area (Å²) >= 11 is 0. The fourth-order valence-electron chi connectivity index (χ4n) is 1.29. The van der Waals surface area contributed by atoms with Crippen LogP contribution in [0.1, 0.15) is 11.5 Å². The number of hydrogen-bond donors (Lipinski definition) is 1. The van der Waals surface area contributed by atoms with E-state index >= 15 is 0 Å². The zero-order valence-electron chi connectivity index (χ0n) is 8.28. The molecule has 1 atom stereocenters. The minimum Gasteiger partial charge on any atom is -0.497 e. The molecule has 1 unspecified atom stereocenters. The normalized spacial score (nSPS) is 13.2. The van der Waals surface area contributed by atoms with Crippen molar-refractivity contribution < 1.29 is 27.8 Å². The third kappa shape index (κ3) is 2.65. The van der Waals surface area contributed by atoms with E-state index in [4.69, 9.17) is 9.84 Å². The summed E-state index contributed by atoms with van der Waals surface area (Å²) in [5.74, 6) is -4.27. The van der Waals surface area contributed by atoms with Crippen LogP contribution in [0.3, 0.4) is 0 Å². The van der Waals surface area contributed by atoms with Crippen molar-refractivity contribution in [3.05, 3.63) is 29.8 Å². The zero-order chi connectivity index (χ0) is 12.3. The van der Waals surface area contributed by atoms with Crippen LogP contribution in [0.4, 0.5) is 13.2 Å². The Morgan fingerprint density at radius 2 is 2.06 bits per heavy atom. The minimum absolute atomic E-state index is 0.188. The summed E-state index contributed by atoms with van der Waals surface area (Å²) in [5.41, 5.74) is -0.348. The summed E-state index contributed by atoms with van der Waals surface area (Å²) in [5, 5.41) is 8.57. The SMILES string of the molecule is COc1cccc(C(C(=O)O)C(F)(F)F)c1. The van der Waals surface area contributed by atoms with Gasteiger partial charge in [0.25, 0.3) is 0 Å². The van der Waals surface area contributed by atoms with Gasteiger partial charge in [-0.2, -0.15) is 13.2 Å². The number of halogens is 3. The van der Waals surface area contributed by atoms with Gasteiger partial charge in [-0.05, 0) is 17.7 Å². The van der Waals surface area contributed by atoms with E-state index in [-0.39, 0.29) is 11.3 Å². The van der Waals surface area contributed by atoms with Crippen LogP contribution in [0.25, 0.3) is 0 Å². The maximum atomic E-state index is 12.5. The quantitative estimate of drug-likeness (QED) is 0.873. The number of hydrogen-bond acceptors (Lipinski definition) is 2. The van der Waals surface area contributed by atoms with Crippen LogP contribution in [0.2, 0.25) is 0 Å². The van der Waals surface area contributed by atoms with E-state index in [0.29, 0.717) is 0 Å². The van der Waals surface area contributed by atoms with E-state index in [9.17, 15) is 18.0 Å². The first-order valence-electron chi connectivity index (χ1n) is 4.29. The predicted molar refractivity (Wildman–Crippen MR) is 49.4 cm³/mol. The number of ether oxygens (including phenoxy) is 1. The van der Waals surface area contributed by atoms with Crippen molar-refractivity contribution >= 4 is 5.97 Å². The van der Waals surface area contributed by atoms with Crippen LogP contribution in [-0.4, -0.2) is 24.4 Å². The van der Waals surface area contributed by atoms with E-state index < -0.39 is 18.1 Å². The molecule has 0 radical (unpaired) electrons. The van der Waals surface area contributed by atoms with Gasteiger partial charge in [0.15, 0.2) is 5.92 Å². The summed E-state index contributed by atoms with van der Waals surface area (Å²) in [7, 11) is 1.29. The lowest BCUT2D eigenvalue weighted by Crippen LogP contribution is -2.28. The van der Waals surface area contributed by atoms with Crippen LogP contribution >= 0.6 is 0 Å². The van der Waals surface area contributed by atoms with E-state index in [2.05, 4.69) is 0 Å². The van der Waals surface area contributed by atoms with Gasteiger partial charge < -0.3 is 9.84 Å². The molecule has 0 aliphatic heterocycles. The molecule has 1 N–H and O–H groups in total. The van der Waals surface area contributed by atoms with E-state index in [1.54, 1.807) is 0 Å². The van der Waals surface area contributed by atoms with Gasteiger partial charge in [-0.1, -0.05) is 12.1 Å². The predicted octanol–water partition coefficient (Wildman–Crippen LogP) is 2.43. The van der Waals surface area contributed by atoms with Gasteiger partial charge in [0.05, 0.1) is 7.11 Å². The van der Waals surface area contributed by atoms with Crippen LogP contribution in [0, 0.1) is 0 Å². The van der Waals surface area contributed by atoms with Gasteiger partial charge in [-0.25, -0.2) is 0 Å². The molecular weight excluding hydrogens is 225 g/mol. The Balaban J connectivity index is 3.16. The van der Waals surface area contributed by atoms with Gasteiger partial charge >= 0.3 is 12.1 Å². The number of benzene rings is 1. The topological polar surface area (TPSA) is 46.5 Å². The van der Waals surface area contributed by atoms with Crippen molar-refractivity contribution in [3.63, 3.8) is 0 Å². The molecule has 0 aliphatic rings. The molecule has 0 aliphatic carbocycles. The first kappa shape index (κ1) is 12.4. The molecule has 0 fully saturated rings. The molecule has 0 saturated heterocycles. The molecule has 0 bridgehead atoms. The number of aliphatic carboxylic acids is 1. The zero-order valence-corrected chi connectivity index (χ0v) is 8.28. The average Bonchev–Trinajstić information content (AvgIpc) is 2.15. The number of carbonyl (C=O) groups is 1. The molecule has 3 nitrogen and oxygen atoms in total.